The second-order valence-corrected chi connectivity index (χ2v) is 3.40. The van der Waals surface area contributed by atoms with E-state index < -0.39 is 0 Å². The standard InChI is InChI=1S/C10H16O/c1-3-4-5-9-6-8(2)10(11)7-9/h5,8H,3-4,6-7H2,1-2H3. The number of unbranched alkanes of at least 4 members (excludes halogenated alkanes) is 1. The molecule has 0 radical (unpaired) electrons. The van der Waals surface area contributed by atoms with E-state index in [1.807, 2.05) is 6.92 Å². The third-order valence-electron chi connectivity index (χ3n) is 2.24. The van der Waals surface area contributed by atoms with Gasteiger partial charge in [0.25, 0.3) is 0 Å². The van der Waals surface area contributed by atoms with Gasteiger partial charge in [-0.05, 0) is 12.8 Å². The van der Waals surface area contributed by atoms with Crippen LogP contribution in [-0.4, -0.2) is 5.78 Å². The van der Waals surface area contributed by atoms with Crippen LogP contribution < -0.4 is 0 Å². The molecule has 0 spiro atoms. The predicted molar refractivity (Wildman–Crippen MR) is 46.4 cm³/mol. The number of ketones is 1. The van der Waals surface area contributed by atoms with Gasteiger partial charge in [0.1, 0.15) is 5.78 Å². The topological polar surface area (TPSA) is 17.1 Å². The number of carbonyl (C=O) groups excluding carboxylic acids is 1. The van der Waals surface area contributed by atoms with Gasteiger partial charge in [-0.3, -0.25) is 4.79 Å². The first kappa shape index (κ1) is 8.51. The molecule has 0 bridgehead atoms. The molecule has 1 aliphatic rings. The first-order valence-electron chi connectivity index (χ1n) is 4.44. The first-order valence-corrected chi connectivity index (χ1v) is 4.44. The molecule has 0 aliphatic heterocycles. The maximum Gasteiger partial charge on any atom is 0.140 e. The van der Waals surface area contributed by atoms with Crippen molar-refractivity contribution in [3.8, 4) is 0 Å². The molecule has 0 saturated heterocycles. The Morgan fingerprint density at radius 1 is 1.64 bits per heavy atom. The summed E-state index contributed by atoms with van der Waals surface area (Å²) in [4.78, 5) is 11.1. The number of allylic oxidation sites excluding steroid dienone is 2. The highest BCUT2D eigenvalue weighted by Gasteiger charge is 2.23. The second kappa shape index (κ2) is 3.70. The summed E-state index contributed by atoms with van der Waals surface area (Å²) in [5, 5.41) is 0. The maximum absolute atomic E-state index is 11.1. The molecule has 62 valence electrons. The number of rotatable bonds is 2. The van der Waals surface area contributed by atoms with Gasteiger partial charge in [-0.15, -0.1) is 0 Å². The number of hydrogen-bond acceptors (Lipinski definition) is 1. The minimum Gasteiger partial charge on any atom is -0.299 e. The SMILES string of the molecule is CCCC=C1CC(=O)C(C)C1. The van der Waals surface area contributed by atoms with Crippen molar-refractivity contribution in [2.45, 2.75) is 39.5 Å². The summed E-state index contributed by atoms with van der Waals surface area (Å²) in [5.74, 6) is 0.713. The molecular weight excluding hydrogens is 136 g/mol. The first-order chi connectivity index (χ1) is 5.24. The van der Waals surface area contributed by atoms with Gasteiger partial charge >= 0.3 is 0 Å². The largest absolute Gasteiger partial charge is 0.299 e. The van der Waals surface area contributed by atoms with Gasteiger partial charge < -0.3 is 0 Å². The number of carbonyl (C=O) groups is 1. The van der Waals surface area contributed by atoms with Gasteiger partial charge in [0.05, 0.1) is 0 Å². The van der Waals surface area contributed by atoms with Gasteiger partial charge in [0.15, 0.2) is 0 Å². The lowest BCUT2D eigenvalue weighted by Gasteiger charge is -1.94. The molecule has 0 heterocycles. The van der Waals surface area contributed by atoms with E-state index >= 15 is 0 Å². The van der Waals surface area contributed by atoms with Crippen LogP contribution in [0.2, 0.25) is 0 Å². The van der Waals surface area contributed by atoms with Gasteiger partial charge in [0, 0.05) is 12.3 Å². The van der Waals surface area contributed by atoms with Crippen molar-refractivity contribution in [2.24, 2.45) is 5.92 Å². The number of Topliss-reactive ketones (excluding diaryl/α,β-unsaturated/α-hetero) is 1. The lowest BCUT2D eigenvalue weighted by Crippen LogP contribution is -1.98. The maximum atomic E-state index is 11.1. The quantitative estimate of drug-likeness (QED) is 0.556. The minimum atomic E-state index is 0.290. The molecule has 1 unspecified atom stereocenters. The van der Waals surface area contributed by atoms with E-state index in [1.54, 1.807) is 0 Å². The van der Waals surface area contributed by atoms with Crippen LogP contribution in [0.4, 0.5) is 0 Å². The monoisotopic (exact) mass is 152 g/mol. The van der Waals surface area contributed by atoms with Gasteiger partial charge in [-0.25, -0.2) is 0 Å². The van der Waals surface area contributed by atoms with Crippen molar-refractivity contribution in [3.05, 3.63) is 11.6 Å². The molecule has 0 N–H and O–H groups in total. The van der Waals surface area contributed by atoms with E-state index in [4.69, 9.17) is 0 Å². The molecule has 1 nitrogen and oxygen atoms in total. The third-order valence-corrected chi connectivity index (χ3v) is 2.24. The van der Waals surface area contributed by atoms with E-state index in [2.05, 4.69) is 13.0 Å². The molecule has 0 aromatic heterocycles. The molecule has 0 aromatic carbocycles. The molecule has 1 rings (SSSR count). The minimum absolute atomic E-state index is 0.290. The summed E-state index contributed by atoms with van der Waals surface area (Å²) in [5.41, 5.74) is 1.37. The van der Waals surface area contributed by atoms with Gasteiger partial charge in [0.2, 0.25) is 0 Å². The molecule has 1 heteroatoms. The van der Waals surface area contributed by atoms with Crippen LogP contribution in [0.15, 0.2) is 11.6 Å². The lowest BCUT2D eigenvalue weighted by molar-refractivity contribution is -0.120. The molecule has 0 amide bonds. The Hall–Kier alpha value is -0.590. The summed E-state index contributed by atoms with van der Waals surface area (Å²) in [6.45, 7) is 4.19. The molecule has 1 atom stereocenters. The highest BCUT2D eigenvalue weighted by atomic mass is 16.1. The van der Waals surface area contributed by atoms with Crippen molar-refractivity contribution in [1.29, 1.82) is 0 Å². The van der Waals surface area contributed by atoms with E-state index in [1.165, 1.54) is 12.0 Å². The fourth-order valence-electron chi connectivity index (χ4n) is 1.48. The van der Waals surface area contributed by atoms with Crippen molar-refractivity contribution < 1.29 is 4.79 Å². The Bertz CT molecular complexity index is 179. The Kier molecular flexibility index (Phi) is 2.86. The third kappa shape index (κ3) is 2.18. The molecule has 11 heavy (non-hydrogen) atoms. The van der Waals surface area contributed by atoms with E-state index in [-0.39, 0.29) is 5.92 Å². The Morgan fingerprint density at radius 3 is 2.82 bits per heavy atom. The van der Waals surface area contributed by atoms with Crippen molar-refractivity contribution in [1.82, 2.24) is 0 Å². The summed E-state index contributed by atoms with van der Waals surface area (Å²) in [6, 6.07) is 0. The fraction of sp³-hybridized carbons (Fsp3) is 0.700. The molecule has 1 aliphatic carbocycles. The Balaban J connectivity index is 2.46. The zero-order chi connectivity index (χ0) is 8.27. The van der Waals surface area contributed by atoms with E-state index in [0.29, 0.717) is 5.78 Å². The summed E-state index contributed by atoms with van der Waals surface area (Å²) < 4.78 is 0. The zero-order valence-electron chi connectivity index (χ0n) is 7.39. The average molecular weight is 152 g/mol. The van der Waals surface area contributed by atoms with Crippen molar-refractivity contribution >= 4 is 5.78 Å². The highest BCUT2D eigenvalue weighted by molar-refractivity contribution is 5.86. The molecule has 0 aromatic rings. The zero-order valence-corrected chi connectivity index (χ0v) is 7.39. The van der Waals surface area contributed by atoms with Gasteiger partial charge in [-0.2, -0.15) is 0 Å². The van der Waals surface area contributed by atoms with Crippen LogP contribution in [0.25, 0.3) is 0 Å². The van der Waals surface area contributed by atoms with E-state index in [0.717, 1.165) is 19.3 Å². The average Bonchev–Trinajstić information content (AvgIpc) is 2.28. The van der Waals surface area contributed by atoms with Crippen LogP contribution in [0.3, 0.4) is 0 Å². The van der Waals surface area contributed by atoms with Crippen LogP contribution in [-0.2, 0) is 4.79 Å². The van der Waals surface area contributed by atoms with Crippen molar-refractivity contribution in [2.75, 3.05) is 0 Å². The smallest absolute Gasteiger partial charge is 0.140 e. The summed E-state index contributed by atoms with van der Waals surface area (Å²) >= 11 is 0. The Labute approximate surface area is 68.5 Å². The molecular formula is C10H16O. The summed E-state index contributed by atoms with van der Waals surface area (Å²) in [7, 11) is 0. The molecule has 1 fully saturated rings. The lowest BCUT2D eigenvalue weighted by atomic mass is 10.1. The van der Waals surface area contributed by atoms with Crippen molar-refractivity contribution in [3.63, 3.8) is 0 Å². The van der Waals surface area contributed by atoms with Crippen LogP contribution in [0.5, 0.6) is 0 Å². The predicted octanol–water partition coefficient (Wildman–Crippen LogP) is 2.71. The molecule has 1 saturated carbocycles. The van der Waals surface area contributed by atoms with Crippen LogP contribution in [0.1, 0.15) is 39.5 Å². The van der Waals surface area contributed by atoms with E-state index in [9.17, 15) is 4.79 Å². The number of hydrogen-bond donors (Lipinski definition) is 0. The van der Waals surface area contributed by atoms with Gasteiger partial charge in [-0.1, -0.05) is 31.9 Å². The van der Waals surface area contributed by atoms with Crippen LogP contribution in [0, 0.1) is 5.92 Å². The second-order valence-electron chi connectivity index (χ2n) is 3.40. The summed E-state index contributed by atoms with van der Waals surface area (Å²) in [6.07, 6.45) is 6.29. The van der Waals surface area contributed by atoms with Crippen LogP contribution >= 0.6 is 0 Å². The fourth-order valence-corrected chi connectivity index (χ4v) is 1.48. The highest BCUT2D eigenvalue weighted by Crippen LogP contribution is 2.26. The Morgan fingerprint density at radius 2 is 2.36 bits per heavy atom. The normalized spacial score (nSPS) is 28.4.